The molecule has 2 aliphatic heterocycles. The van der Waals surface area contributed by atoms with Gasteiger partial charge in [-0.25, -0.2) is 9.37 Å². The van der Waals surface area contributed by atoms with E-state index in [0.29, 0.717) is 107 Å². The maximum absolute atomic E-state index is 13.5. The van der Waals surface area contributed by atoms with Crippen molar-refractivity contribution in [2.75, 3.05) is 72.0 Å². The van der Waals surface area contributed by atoms with Crippen molar-refractivity contribution in [1.29, 1.82) is 0 Å². The van der Waals surface area contributed by atoms with Crippen LogP contribution >= 0.6 is 0 Å². The number of piperidine rings is 1. The van der Waals surface area contributed by atoms with Crippen molar-refractivity contribution in [2.45, 2.75) is 125 Å². The van der Waals surface area contributed by atoms with Crippen LogP contribution in [0.1, 0.15) is 318 Å². The first-order valence-electron chi connectivity index (χ1n) is 44.5. The molecule has 7 aliphatic rings. The first-order chi connectivity index (χ1) is 64.3. The number of amides is 5. The summed E-state index contributed by atoms with van der Waals surface area (Å²) >= 11 is 0. The van der Waals surface area contributed by atoms with Crippen LogP contribution in [-0.4, -0.2) is 183 Å². The lowest BCUT2D eigenvalue weighted by Crippen LogP contribution is -2.34. The molecule has 0 spiro atoms. The highest BCUT2D eigenvalue weighted by molar-refractivity contribution is 6.34. The van der Waals surface area contributed by atoms with Crippen LogP contribution in [0.4, 0.5) is 4.39 Å². The van der Waals surface area contributed by atoms with Crippen LogP contribution in [0.25, 0.3) is 0 Å². The van der Waals surface area contributed by atoms with Crippen LogP contribution < -0.4 is 26.6 Å². The fourth-order valence-corrected chi connectivity index (χ4v) is 17.6. The molecular formula is C102H97FN10O20. The maximum Gasteiger partial charge on any atom is 0.255 e. The van der Waals surface area contributed by atoms with Crippen molar-refractivity contribution in [3.05, 3.63) is 333 Å². The van der Waals surface area contributed by atoms with Crippen LogP contribution in [0.3, 0.4) is 0 Å². The fourth-order valence-electron chi connectivity index (χ4n) is 17.6. The summed E-state index contributed by atoms with van der Waals surface area (Å²) in [5.74, 6) is -5.53. The normalized spacial score (nSPS) is 14.2. The number of carbonyl (C=O) groups excluding carboxylic acids is 15. The average molecular weight is 1800 g/mol. The number of carbonyl (C=O) groups is 15. The number of ketones is 10. The summed E-state index contributed by atoms with van der Waals surface area (Å²) in [5.41, 5.74) is 3.53. The van der Waals surface area contributed by atoms with Gasteiger partial charge in [0.05, 0.1) is 62.0 Å². The van der Waals surface area contributed by atoms with Crippen LogP contribution in [-0.2, 0) is 13.1 Å². The number of aryl methyl sites for hydroxylation is 7. The molecule has 2 fully saturated rings. The van der Waals surface area contributed by atoms with Crippen LogP contribution in [0.5, 0.6) is 0 Å². The monoisotopic (exact) mass is 1800 g/mol. The van der Waals surface area contributed by atoms with Gasteiger partial charge in [-0.3, -0.25) is 71.9 Å². The number of nitrogens with zero attached hydrogens (tertiary/aromatic N) is 5. The van der Waals surface area contributed by atoms with Crippen molar-refractivity contribution in [1.82, 2.24) is 50.5 Å². The fraction of sp³-hybridized carbons (Fsp3) is 0.294. The summed E-state index contributed by atoms with van der Waals surface area (Å²) in [6, 6.07) is 33.7. The molecule has 5 N–H and O–H groups in total. The second-order valence-electron chi connectivity index (χ2n) is 33.1. The highest BCUT2D eigenvalue weighted by Gasteiger charge is 2.44. The number of halogens is 1. The molecule has 5 aromatic carbocycles. The van der Waals surface area contributed by atoms with Crippen molar-refractivity contribution in [2.24, 2.45) is 0 Å². The molecule has 30 nitrogen and oxygen atoms in total. The summed E-state index contributed by atoms with van der Waals surface area (Å²) < 4.78 is 44.9. The van der Waals surface area contributed by atoms with E-state index in [1.165, 1.54) is 45.1 Å². The number of aromatic nitrogens is 3. The Morgan fingerprint density at radius 2 is 0.579 bits per heavy atom. The number of imidazole rings is 1. The second-order valence-corrected chi connectivity index (χ2v) is 33.1. The van der Waals surface area contributed by atoms with Gasteiger partial charge in [0, 0.05) is 126 Å². The van der Waals surface area contributed by atoms with Gasteiger partial charge in [-0.15, -0.1) is 0 Å². The van der Waals surface area contributed by atoms with Gasteiger partial charge in [-0.1, -0.05) is 117 Å². The zero-order valence-corrected chi connectivity index (χ0v) is 74.3. The highest BCUT2D eigenvalue weighted by atomic mass is 19.1. The number of rotatable bonds is 24. The molecule has 2 saturated heterocycles. The Hall–Kier alpha value is -15.1. The molecule has 0 bridgehead atoms. The third-order valence-electron chi connectivity index (χ3n) is 24.2. The van der Waals surface area contributed by atoms with Gasteiger partial charge < -0.3 is 67.6 Å². The van der Waals surface area contributed by atoms with Gasteiger partial charge in [-0.05, 0) is 162 Å². The quantitative estimate of drug-likeness (QED) is 0.0351. The summed E-state index contributed by atoms with van der Waals surface area (Å²) in [6.07, 6.45) is 20.3. The molecule has 19 rings (SSSR count). The first-order valence-corrected chi connectivity index (χ1v) is 44.5. The van der Waals surface area contributed by atoms with E-state index >= 15 is 0 Å². The molecule has 682 valence electrons. The third-order valence-corrected chi connectivity index (χ3v) is 24.2. The summed E-state index contributed by atoms with van der Waals surface area (Å²) in [6.45, 7) is 20.2. The molecule has 0 radical (unpaired) electrons. The topological polar surface area (TPSA) is 411 Å². The number of furan rings is 5. The first kappa shape index (κ1) is 92.6. The molecule has 0 atom stereocenters. The lowest BCUT2D eigenvalue weighted by molar-refractivity contribution is 0.0932. The average Bonchev–Trinajstić information content (AvgIpc) is 1.63. The van der Waals surface area contributed by atoms with E-state index in [-0.39, 0.29) is 171 Å². The van der Waals surface area contributed by atoms with Crippen molar-refractivity contribution >= 4 is 87.4 Å². The number of benzene rings is 5. The molecule has 0 saturated carbocycles. The number of fused-ring (bicyclic) bond motifs is 10. The summed E-state index contributed by atoms with van der Waals surface area (Å²) in [5, 5.41) is 14.1. The zero-order valence-electron chi connectivity index (χ0n) is 74.3. The SMILES string of the molecule is CCCCNC(=O)c1c(C)oc2c1C(=O)c1ccccc1C2=O.Cc1oc2c(c1C(=O)NCCCN1CCCC1)C(=O)c1ccccc1C2=O.Cc1oc2c(c1C(=O)NCCCN1CCCCC1)C(=O)c1ccccc1C2=O.Cc1oc2c(c1C(=O)NCCCn1cccc1)C(=O)c1ccccc1C2=O.Cc1oc2c(c1C(=O)NCCCn1ccnc1)C(=O)c1ccc(F)cc1C2=O. The minimum Gasteiger partial charge on any atom is -0.456 e. The van der Waals surface area contributed by atoms with Gasteiger partial charge in [0.25, 0.3) is 29.5 Å². The molecule has 12 aromatic rings. The van der Waals surface area contributed by atoms with Gasteiger partial charge in [0.15, 0.2) is 57.7 Å². The minimum absolute atomic E-state index is 0.0281. The Bertz CT molecular complexity index is 6650. The molecule has 5 aliphatic carbocycles. The van der Waals surface area contributed by atoms with Crippen LogP contribution in [0, 0.1) is 40.4 Å². The molecule has 7 aromatic heterocycles. The van der Waals surface area contributed by atoms with E-state index in [2.05, 4.69) is 41.4 Å². The number of unbranched alkanes of at least 4 members (excludes halogenated alkanes) is 1. The summed E-state index contributed by atoms with van der Waals surface area (Å²) in [4.78, 5) is 199. The Balaban J connectivity index is 0.000000127. The van der Waals surface area contributed by atoms with E-state index < -0.39 is 29.2 Å². The minimum atomic E-state index is -0.623. The number of nitrogens with one attached hydrogen (secondary N) is 5. The standard InChI is InChI=1S/C22H24N2O4.C21H22N2O4.C21H18N2O4.C20H16FN3O4.C18H17NO4/c1-14-17(22(27)23-10-7-13-24-11-5-2-6-12-24)18-19(25)15-8-3-4-9-16(15)20(26)21(18)28-14;2*1-13-16(21(26)22-9-6-12-23-10-4-5-11-23)17-18(24)14-7-2-3-8-15(14)19(25)20(17)27-13;1-11-15(20(27)23-5-2-7-24-8-6-22-10-24)16-17(25)13-4-3-12(21)9-14(13)18(26)19(16)28-11;1-3-4-9-19-18(22)13-10(2)23-17-14(13)15(20)11-7-5-6-8-12(11)16(17)21/h3-4,8-9H,2,5-7,10-13H2,1H3,(H,23,27);2-3,7-8H,4-6,9-12H2,1H3,(H,22,26);2-5,7-8,10-11H,6,9,12H2,1H3,(H,22,26);3-4,6,8-10H,2,5,7H2,1H3,(H,23,27);5-8H,3-4,9H2,1-2H3,(H,19,22). The Morgan fingerprint density at radius 3 is 0.872 bits per heavy atom. The second kappa shape index (κ2) is 40.9. The Labute approximate surface area is 762 Å². The molecule has 31 heteroatoms. The molecule has 133 heavy (non-hydrogen) atoms. The van der Waals surface area contributed by atoms with Gasteiger partial charge >= 0.3 is 0 Å². The van der Waals surface area contributed by atoms with E-state index in [4.69, 9.17) is 22.1 Å². The highest BCUT2D eigenvalue weighted by Crippen LogP contribution is 2.40. The van der Waals surface area contributed by atoms with E-state index in [9.17, 15) is 76.3 Å². The Kier molecular flexibility index (Phi) is 28.5. The van der Waals surface area contributed by atoms with Crippen LogP contribution in [0.2, 0.25) is 0 Å². The van der Waals surface area contributed by atoms with Gasteiger partial charge in [-0.2, -0.15) is 0 Å². The molecule has 5 amide bonds. The molecule has 0 unspecified atom stereocenters. The van der Waals surface area contributed by atoms with E-state index in [0.717, 1.165) is 90.1 Å². The lowest BCUT2D eigenvalue weighted by atomic mass is 9.86. The summed E-state index contributed by atoms with van der Waals surface area (Å²) in [7, 11) is 0. The van der Waals surface area contributed by atoms with Gasteiger partial charge in [0.1, 0.15) is 34.6 Å². The largest absolute Gasteiger partial charge is 0.456 e. The lowest BCUT2D eigenvalue weighted by Gasteiger charge is -2.26. The third kappa shape index (κ3) is 19.1. The van der Waals surface area contributed by atoms with Crippen molar-refractivity contribution in [3.8, 4) is 0 Å². The number of likely N-dealkylation sites (tertiary alicyclic amines) is 2. The van der Waals surface area contributed by atoms with Crippen molar-refractivity contribution in [3.63, 3.8) is 0 Å². The van der Waals surface area contributed by atoms with Crippen molar-refractivity contribution < 1.29 is 98.4 Å². The zero-order chi connectivity index (χ0) is 94.0. The smallest absolute Gasteiger partial charge is 0.255 e. The Morgan fingerprint density at radius 1 is 0.316 bits per heavy atom. The maximum atomic E-state index is 13.5. The van der Waals surface area contributed by atoms with Crippen LogP contribution in [0.15, 0.2) is 181 Å². The molecular weight excluding hydrogens is 1700 g/mol. The van der Waals surface area contributed by atoms with E-state index in [1.54, 1.807) is 137 Å². The van der Waals surface area contributed by atoms with Gasteiger partial charge in [0.2, 0.25) is 28.9 Å². The number of hydrogen-bond acceptors (Lipinski definition) is 23. The number of hydrogen-bond donors (Lipinski definition) is 5. The van der Waals surface area contributed by atoms with E-state index in [1.807, 2.05) is 46.8 Å². The predicted octanol–water partition coefficient (Wildman–Crippen LogP) is 13.9. The molecule has 9 heterocycles. The predicted molar refractivity (Wildman–Crippen MR) is 481 cm³/mol.